The molecule has 67 heavy (non-hydrogen) atoms. The van der Waals surface area contributed by atoms with E-state index in [-0.39, 0.29) is 39.7 Å². The molecule has 0 aliphatic rings. The van der Waals surface area contributed by atoms with Crippen LogP contribution in [0.15, 0.2) is 139 Å². The van der Waals surface area contributed by atoms with Crippen molar-refractivity contribution in [2.24, 2.45) is 5.41 Å². The highest BCUT2D eigenvalue weighted by Gasteiger charge is 2.35. The van der Waals surface area contributed by atoms with E-state index in [0.717, 1.165) is 39.1 Å². The molecule has 0 radical (unpaired) electrons. The van der Waals surface area contributed by atoms with Gasteiger partial charge in [-0.25, -0.2) is 4.98 Å². The van der Waals surface area contributed by atoms with Crippen LogP contribution < -0.4 is 0 Å². The molecular formula is C63H71N3O. The van der Waals surface area contributed by atoms with Crippen molar-refractivity contribution in [2.45, 2.75) is 132 Å². The lowest BCUT2D eigenvalue weighted by Crippen LogP contribution is -2.34. The summed E-state index contributed by atoms with van der Waals surface area (Å²) in [5.41, 5.74) is 1.79. The normalized spacial score (nSPS) is 16.7. The molecule has 2 heterocycles. The van der Waals surface area contributed by atoms with Gasteiger partial charge in [0, 0.05) is 35.2 Å². The summed E-state index contributed by atoms with van der Waals surface area (Å²) in [7, 11) is 0. The minimum Gasteiger partial charge on any atom is -0.507 e. The highest BCUT2D eigenvalue weighted by molar-refractivity contribution is 5.98. The monoisotopic (exact) mass is 902 g/mol. The van der Waals surface area contributed by atoms with Crippen LogP contribution in [-0.4, -0.2) is 19.6 Å². The number of aromatic hydroxyl groups is 1. The number of hydrogen-bond donors (Lipinski definition) is 1. The Bertz CT molecular complexity index is 3790. The summed E-state index contributed by atoms with van der Waals surface area (Å²) in [5.74, 6) is 0.622. The molecule has 0 bridgehead atoms. The van der Waals surface area contributed by atoms with Crippen LogP contribution in [0.25, 0.3) is 72.7 Å². The highest BCUT2D eigenvalue weighted by atomic mass is 16.3. The Morgan fingerprint density at radius 1 is 0.582 bits per heavy atom. The Kier molecular flexibility index (Phi) is 8.04. The summed E-state index contributed by atoms with van der Waals surface area (Å²) in [4.78, 5) is 9.99. The molecule has 6 aromatic carbocycles. The lowest BCUT2D eigenvalue weighted by atomic mass is 9.65. The molecule has 4 heteroatoms. The van der Waals surface area contributed by atoms with E-state index >= 15 is 0 Å². The number of phenols is 1. The number of rotatable bonds is 9. The molecule has 0 saturated carbocycles. The molecule has 0 spiro atoms. The second kappa shape index (κ2) is 17.4. The number of hydrogen-bond acceptors (Lipinski definition) is 3. The van der Waals surface area contributed by atoms with Crippen molar-refractivity contribution < 1.29 is 27.0 Å². The predicted octanol–water partition coefficient (Wildman–Crippen LogP) is 17.6. The van der Waals surface area contributed by atoms with E-state index in [1.54, 1.807) is 12.1 Å². The Labute approximate surface area is 423 Å². The first-order valence-corrected chi connectivity index (χ1v) is 23.0. The second-order valence-corrected chi connectivity index (χ2v) is 21.0. The van der Waals surface area contributed by atoms with Gasteiger partial charge < -0.3 is 5.11 Å². The van der Waals surface area contributed by atoms with E-state index in [1.165, 1.54) is 0 Å². The Morgan fingerprint density at radius 3 is 1.93 bits per heavy atom. The van der Waals surface area contributed by atoms with Gasteiger partial charge in [-0.05, 0) is 132 Å². The van der Waals surface area contributed by atoms with Crippen LogP contribution in [0.2, 0.25) is 0 Å². The average Bonchev–Trinajstić information content (AvgIpc) is 1.04. The predicted molar refractivity (Wildman–Crippen MR) is 286 cm³/mol. The summed E-state index contributed by atoms with van der Waals surface area (Å²) in [6, 6.07) is 25.8. The molecule has 1 N–H and O–H groups in total. The van der Waals surface area contributed by atoms with Crippen molar-refractivity contribution in [1.82, 2.24) is 14.5 Å². The van der Waals surface area contributed by atoms with Crippen LogP contribution >= 0.6 is 0 Å². The van der Waals surface area contributed by atoms with Gasteiger partial charge in [0.15, 0.2) is 0 Å². The third-order valence-corrected chi connectivity index (χ3v) is 13.5. The standard InChI is InChI=1S/C63H71N3O/c1-39(2)44-35-51(40(3)4)58(67)53(36-44)59-65-57-50(22-19-23-56(57)66(59)55-29-28-48(63(14,15)62(11,12)13)38-52(55)42-20-17-16-18-21-42)45-32-46(34-49(33-45)61(8,9)10)54-37-43(30-31-64-54)41-24-26-47(27-25-41)60(5,6)7/h16-40,67H,1-15H3/i5D3,6D3,7D3,24D,25D,26D,27D,30D,31D,37D. The molecule has 8 rings (SSSR count). The zero-order valence-electron chi connectivity index (χ0n) is 56.7. The molecule has 0 aliphatic heterocycles. The maximum absolute atomic E-state index is 12.5. The first-order chi connectivity index (χ1) is 38.1. The average molecular weight is 902 g/mol. The van der Waals surface area contributed by atoms with E-state index in [0.29, 0.717) is 33.5 Å². The summed E-state index contributed by atoms with van der Waals surface area (Å²) in [6.07, 6.45) is -0.725. The largest absolute Gasteiger partial charge is 0.507 e. The quantitative estimate of drug-likeness (QED) is 0.157. The van der Waals surface area contributed by atoms with E-state index in [2.05, 4.69) is 94.4 Å². The number of imidazole rings is 1. The van der Waals surface area contributed by atoms with Crippen LogP contribution in [-0.2, 0) is 16.2 Å². The molecule has 0 saturated heterocycles. The minimum absolute atomic E-state index is 0.0471. The molecule has 2 aromatic heterocycles. The first kappa shape index (κ1) is 30.9. The van der Waals surface area contributed by atoms with Crippen molar-refractivity contribution in [3.8, 4) is 67.5 Å². The van der Waals surface area contributed by atoms with E-state index in [4.69, 9.17) is 22.8 Å². The number of phenolic OH excluding ortho intramolecular Hbond substituents is 1. The second-order valence-electron chi connectivity index (χ2n) is 21.0. The third-order valence-electron chi connectivity index (χ3n) is 13.5. The molecule has 4 nitrogen and oxygen atoms in total. The van der Waals surface area contributed by atoms with E-state index in [9.17, 15) is 9.22 Å². The fraction of sp³-hybridized carbons (Fsp3) is 0.333. The van der Waals surface area contributed by atoms with E-state index in [1.807, 2.05) is 83.1 Å². The Hall–Kier alpha value is -6.26. The smallest absolute Gasteiger partial charge is 0.149 e. The van der Waals surface area contributed by atoms with Crippen molar-refractivity contribution in [2.75, 3.05) is 0 Å². The van der Waals surface area contributed by atoms with Crippen molar-refractivity contribution in [3.63, 3.8) is 0 Å². The number of nitrogens with zero attached hydrogens (tertiary/aromatic N) is 3. The van der Waals surface area contributed by atoms with Crippen LogP contribution in [0.3, 0.4) is 0 Å². The molecular weight excluding hydrogens is 815 g/mol. The van der Waals surface area contributed by atoms with Crippen molar-refractivity contribution >= 4 is 11.0 Å². The number of benzene rings is 6. The van der Waals surface area contributed by atoms with E-state index < -0.39 is 90.5 Å². The summed E-state index contributed by atoms with van der Waals surface area (Å²) < 4.78 is 141. The number of pyridine rings is 1. The first-order valence-electron chi connectivity index (χ1n) is 31.0. The number of fused-ring (bicyclic) bond motifs is 1. The number of aromatic nitrogens is 3. The lowest BCUT2D eigenvalue weighted by molar-refractivity contribution is 0.225. The maximum atomic E-state index is 12.5. The molecule has 0 atom stereocenters. The zero-order chi connectivity index (χ0) is 62.0. The van der Waals surface area contributed by atoms with Gasteiger partial charge in [0.2, 0.25) is 0 Å². The van der Waals surface area contributed by atoms with Gasteiger partial charge in [0.1, 0.15) is 11.6 Å². The van der Waals surface area contributed by atoms with Crippen LogP contribution in [0, 0.1) is 5.41 Å². The molecule has 344 valence electrons. The maximum Gasteiger partial charge on any atom is 0.149 e. The molecule has 0 fully saturated rings. The van der Waals surface area contributed by atoms with Gasteiger partial charge in [0.25, 0.3) is 0 Å². The van der Waals surface area contributed by atoms with Crippen LogP contribution in [0.4, 0.5) is 0 Å². The fourth-order valence-corrected chi connectivity index (χ4v) is 8.34. The molecule has 0 aliphatic carbocycles. The summed E-state index contributed by atoms with van der Waals surface area (Å²) >= 11 is 0. The van der Waals surface area contributed by atoms with Gasteiger partial charge in [-0.1, -0.05) is 188 Å². The zero-order valence-corrected chi connectivity index (χ0v) is 40.7. The summed E-state index contributed by atoms with van der Waals surface area (Å²) in [5, 5.41) is 12.5. The van der Waals surface area contributed by atoms with Gasteiger partial charge >= 0.3 is 0 Å². The van der Waals surface area contributed by atoms with Gasteiger partial charge in [-0.3, -0.25) is 9.55 Å². The minimum atomic E-state index is -3.92. The third kappa shape index (κ3) is 9.12. The van der Waals surface area contributed by atoms with Gasteiger partial charge in [-0.15, -0.1) is 0 Å². The SMILES string of the molecule is [2H]c1nc(-c2cc(-c3cccc4c3nc(-c3cc(C(C)C)cc(C(C)C)c3O)n4-c3ccc(C(C)(C)C(C)(C)C)cc3-c3ccccc3)cc(C(C)(C)C)c2)c([2H])c(-c2c([2H])c([2H])c(C(C([2H])([2H])[2H])(C([2H])([2H])[2H])C([2H])([2H])[2H])c([2H])c2[2H])c1[2H]. The Morgan fingerprint density at radius 2 is 1.28 bits per heavy atom. The Balaban J connectivity index is 1.47. The lowest BCUT2D eigenvalue weighted by Gasteiger charge is -2.40. The van der Waals surface area contributed by atoms with Crippen LogP contribution in [0.1, 0.15) is 165 Å². The molecule has 0 unspecified atom stereocenters. The highest BCUT2D eigenvalue weighted by Crippen LogP contribution is 2.47. The number of para-hydroxylation sites is 1. The van der Waals surface area contributed by atoms with Gasteiger partial charge in [-0.2, -0.15) is 0 Å². The topological polar surface area (TPSA) is 50.9 Å². The molecule has 8 aromatic rings. The fourth-order valence-electron chi connectivity index (χ4n) is 8.34. The van der Waals surface area contributed by atoms with Crippen LogP contribution in [0.5, 0.6) is 5.75 Å². The van der Waals surface area contributed by atoms with Crippen molar-refractivity contribution in [1.29, 1.82) is 0 Å². The van der Waals surface area contributed by atoms with Crippen molar-refractivity contribution in [3.05, 3.63) is 167 Å². The molecule has 0 amide bonds. The summed E-state index contributed by atoms with van der Waals surface area (Å²) in [6.45, 7) is 13.7. The van der Waals surface area contributed by atoms with Gasteiger partial charge in [0.05, 0.1) is 37.6 Å².